The molecule has 0 saturated heterocycles. The molecule has 2 aliphatic rings. The molecule has 0 aromatic rings. The van der Waals surface area contributed by atoms with E-state index in [1.165, 1.54) is 25.7 Å². The number of ketones is 2. The van der Waals surface area contributed by atoms with Gasteiger partial charge >= 0.3 is 0 Å². The summed E-state index contributed by atoms with van der Waals surface area (Å²) >= 11 is 0. The second-order valence-corrected chi connectivity index (χ2v) is 7.86. The molecule has 2 heteroatoms. The van der Waals surface area contributed by atoms with Crippen LogP contribution in [0, 0.1) is 16.7 Å². The van der Waals surface area contributed by atoms with Gasteiger partial charge in [0.25, 0.3) is 0 Å². The van der Waals surface area contributed by atoms with Gasteiger partial charge in [0.1, 0.15) is 11.6 Å². The van der Waals surface area contributed by atoms with Crippen LogP contribution in [0.4, 0.5) is 0 Å². The van der Waals surface area contributed by atoms with E-state index in [0.29, 0.717) is 17.5 Å². The van der Waals surface area contributed by atoms with Crippen LogP contribution in [0.1, 0.15) is 85.5 Å². The molecule has 2 aliphatic carbocycles. The van der Waals surface area contributed by atoms with Crippen LogP contribution in [0.5, 0.6) is 0 Å². The summed E-state index contributed by atoms with van der Waals surface area (Å²) in [7, 11) is 0. The molecule has 2 fully saturated rings. The molecule has 2 nitrogen and oxygen atoms in total. The highest BCUT2D eigenvalue weighted by atomic mass is 16.1. The van der Waals surface area contributed by atoms with E-state index in [9.17, 15) is 9.59 Å². The Kier molecular flexibility index (Phi) is 7.02. The summed E-state index contributed by atoms with van der Waals surface area (Å²) in [6.07, 6.45) is 11.8. The first kappa shape index (κ1) is 19.1. The highest BCUT2D eigenvalue weighted by Crippen LogP contribution is 2.63. The van der Waals surface area contributed by atoms with Crippen molar-refractivity contribution in [2.45, 2.75) is 85.5 Å². The number of allylic oxidation sites excluding steroid dienone is 1. The molecule has 22 heavy (non-hydrogen) atoms. The largest absolute Gasteiger partial charge is 0.300 e. The van der Waals surface area contributed by atoms with E-state index in [2.05, 4.69) is 27.4 Å². The zero-order valence-electron chi connectivity index (χ0n) is 15.0. The molecule has 2 bridgehead atoms. The van der Waals surface area contributed by atoms with Crippen molar-refractivity contribution in [3.8, 4) is 0 Å². The maximum absolute atomic E-state index is 11.6. The first-order chi connectivity index (χ1) is 10.3. The van der Waals surface area contributed by atoms with E-state index >= 15 is 0 Å². The van der Waals surface area contributed by atoms with E-state index < -0.39 is 0 Å². The Morgan fingerprint density at radius 3 is 2.23 bits per heavy atom. The van der Waals surface area contributed by atoms with E-state index in [1.807, 2.05) is 6.08 Å². The fraction of sp³-hybridized carbons (Fsp3) is 0.800. The number of hydrogen-bond acceptors (Lipinski definition) is 2. The van der Waals surface area contributed by atoms with Gasteiger partial charge in [-0.2, -0.15) is 0 Å². The number of hydrogen-bond donors (Lipinski definition) is 0. The number of carbonyl (C=O) groups excluding carboxylic acids is 2. The van der Waals surface area contributed by atoms with Crippen molar-refractivity contribution in [1.82, 2.24) is 0 Å². The Labute approximate surface area is 136 Å². The van der Waals surface area contributed by atoms with Gasteiger partial charge in [0, 0.05) is 18.3 Å². The van der Waals surface area contributed by atoms with Crippen LogP contribution in [0.15, 0.2) is 12.7 Å². The van der Waals surface area contributed by atoms with Gasteiger partial charge in [-0.25, -0.2) is 0 Å². The average Bonchev–Trinajstić information content (AvgIpc) is 2.76. The number of unbranched alkanes of at least 4 members (excludes halogenated alkanes) is 4. The fourth-order valence-electron chi connectivity index (χ4n) is 3.92. The molecule has 2 unspecified atom stereocenters. The molecule has 0 radical (unpaired) electrons. The van der Waals surface area contributed by atoms with Crippen molar-refractivity contribution in [2.24, 2.45) is 16.7 Å². The molecule has 0 amide bonds. The van der Waals surface area contributed by atoms with Gasteiger partial charge in [-0.05, 0) is 50.4 Å². The summed E-state index contributed by atoms with van der Waals surface area (Å²) in [5.74, 6) is 1.51. The van der Waals surface area contributed by atoms with Crippen molar-refractivity contribution in [2.75, 3.05) is 0 Å². The summed E-state index contributed by atoms with van der Waals surface area (Å²) in [5.41, 5.74) is 0.307. The van der Waals surface area contributed by atoms with Crippen molar-refractivity contribution in [3.05, 3.63) is 12.7 Å². The zero-order valence-corrected chi connectivity index (χ0v) is 15.0. The van der Waals surface area contributed by atoms with Gasteiger partial charge in [0.15, 0.2) is 0 Å². The Morgan fingerprint density at radius 2 is 1.86 bits per heavy atom. The third-order valence-electron chi connectivity index (χ3n) is 6.17. The average molecular weight is 306 g/mol. The molecular weight excluding hydrogens is 272 g/mol. The molecule has 2 atom stereocenters. The Hall–Kier alpha value is -0.920. The summed E-state index contributed by atoms with van der Waals surface area (Å²) < 4.78 is 0. The van der Waals surface area contributed by atoms with Crippen molar-refractivity contribution in [1.29, 1.82) is 0 Å². The van der Waals surface area contributed by atoms with Crippen LogP contribution < -0.4 is 0 Å². The molecule has 0 N–H and O–H groups in total. The molecule has 0 heterocycles. The molecular formula is C20H34O2. The fourth-order valence-corrected chi connectivity index (χ4v) is 3.92. The minimum absolute atomic E-state index is 0.0255. The molecule has 2 saturated carbocycles. The van der Waals surface area contributed by atoms with E-state index in [0.717, 1.165) is 32.1 Å². The lowest BCUT2D eigenvalue weighted by molar-refractivity contribution is -0.128. The number of rotatable bonds is 7. The third-order valence-corrected chi connectivity index (χ3v) is 6.17. The molecule has 0 aromatic carbocycles. The molecule has 2 rings (SSSR count). The SMILES string of the molecule is C=CCCCCCCC(C)=O.CC12CCC(CC1=O)C2(C)C. The van der Waals surface area contributed by atoms with Crippen LogP contribution in [-0.4, -0.2) is 11.6 Å². The quantitative estimate of drug-likeness (QED) is 0.459. The Bertz CT molecular complexity index is 408. The minimum Gasteiger partial charge on any atom is -0.300 e. The van der Waals surface area contributed by atoms with Crippen LogP contribution in [0.3, 0.4) is 0 Å². The lowest BCUT2D eigenvalue weighted by Crippen LogP contribution is -2.32. The summed E-state index contributed by atoms with van der Waals surface area (Å²) in [5, 5.41) is 0. The van der Waals surface area contributed by atoms with Crippen LogP contribution in [0.25, 0.3) is 0 Å². The van der Waals surface area contributed by atoms with Crippen molar-refractivity contribution >= 4 is 11.6 Å². The summed E-state index contributed by atoms with van der Waals surface area (Å²) in [4.78, 5) is 22.1. The minimum atomic E-state index is 0.0255. The second-order valence-electron chi connectivity index (χ2n) is 7.86. The van der Waals surface area contributed by atoms with Crippen LogP contribution in [-0.2, 0) is 9.59 Å². The first-order valence-electron chi connectivity index (χ1n) is 8.89. The lowest BCUT2D eigenvalue weighted by atomic mass is 9.70. The van der Waals surface area contributed by atoms with Gasteiger partial charge in [0.2, 0.25) is 0 Å². The van der Waals surface area contributed by atoms with Gasteiger partial charge in [-0.1, -0.05) is 39.7 Å². The maximum Gasteiger partial charge on any atom is 0.139 e. The second kappa shape index (κ2) is 8.08. The normalized spacial score (nSPS) is 28.2. The lowest BCUT2D eigenvalue weighted by Gasteiger charge is -2.32. The topological polar surface area (TPSA) is 34.1 Å². The predicted octanol–water partition coefficient (Wildman–Crippen LogP) is 5.50. The maximum atomic E-state index is 11.6. The van der Waals surface area contributed by atoms with Crippen LogP contribution >= 0.6 is 0 Å². The highest BCUT2D eigenvalue weighted by molar-refractivity contribution is 5.89. The standard InChI is InChI=1S/C10H16O.C10H18O/c1-9(2)7-4-5-10(9,3)8(11)6-7;1-3-4-5-6-7-8-9-10(2)11/h7H,4-6H2,1-3H3;3H,1,4-9H2,2H3. The molecule has 0 aliphatic heterocycles. The van der Waals surface area contributed by atoms with Crippen molar-refractivity contribution < 1.29 is 9.59 Å². The third kappa shape index (κ3) is 4.30. The number of Topliss-reactive ketones (excluding diaryl/α,β-unsaturated/α-hetero) is 2. The number of carbonyl (C=O) groups is 2. The van der Waals surface area contributed by atoms with E-state index in [-0.39, 0.29) is 10.8 Å². The van der Waals surface area contributed by atoms with Gasteiger partial charge in [-0.15, -0.1) is 6.58 Å². The smallest absolute Gasteiger partial charge is 0.139 e. The molecule has 126 valence electrons. The van der Waals surface area contributed by atoms with Gasteiger partial charge in [-0.3, -0.25) is 4.79 Å². The highest BCUT2D eigenvalue weighted by Gasteiger charge is 2.61. The monoisotopic (exact) mass is 306 g/mol. The van der Waals surface area contributed by atoms with E-state index in [4.69, 9.17) is 0 Å². The summed E-state index contributed by atoms with van der Waals surface area (Å²) in [6, 6.07) is 0. The zero-order chi connectivity index (χ0) is 16.8. The Balaban J connectivity index is 0.000000220. The summed E-state index contributed by atoms with van der Waals surface area (Å²) in [6.45, 7) is 12.0. The predicted molar refractivity (Wildman–Crippen MR) is 92.8 cm³/mol. The van der Waals surface area contributed by atoms with Crippen molar-refractivity contribution in [3.63, 3.8) is 0 Å². The first-order valence-corrected chi connectivity index (χ1v) is 8.89. The number of fused-ring (bicyclic) bond motifs is 2. The Morgan fingerprint density at radius 1 is 1.23 bits per heavy atom. The van der Waals surface area contributed by atoms with Gasteiger partial charge in [0.05, 0.1) is 0 Å². The van der Waals surface area contributed by atoms with E-state index in [1.54, 1.807) is 6.92 Å². The molecule has 0 aromatic heterocycles. The molecule has 0 spiro atoms. The van der Waals surface area contributed by atoms with Gasteiger partial charge < -0.3 is 4.79 Å². The van der Waals surface area contributed by atoms with Crippen LogP contribution in [0.2, 0.25) is 0 Å².